The molecule has 1 atom stereocenters. The first-order valence-corrected chi connectivity index (χ1v) is 6.36. The van der Waals surface area contributed by atoms with Gasteiger partial charge >= 0.3 is 5.97 Å². The predicted molar refractivity (Wildman–Crippen MR) is 72.0 cm³/mol. The van der Waals surface area contributed by atoms with Crippen LogP contribution in [-0.2, 0) is 25.5 Å². The summed E-state index contributed by atoms with van der Waals surface area (Å²) in [5.41, 5.74) is 0.858. The molecule has 5 heteroatoms. The Morgan fingerprint density at radius 1 is 1.26 bits per heavy atom. The summed E-state index contributed by atoms with van der Waals surface area (Å²) in [5, 5.41) is -1.53. The molecule has 1 aromatic carbocycles. The normalized spacial score (nSPS) is 13.6. The zero-order chi connectivity index (χ0) is 14.3. The number of esters is 1. The number of Topliss-reactive ketones (excluding diaryl/α,β-unsaturated/α-hetero) is 1. The molecule has 0 radical (unpaired) electrons. The average Bonchev–Trinajstić information content (AvgIpc) is 2.39. The summed E-state index contributed by atoms with van der Waals surface area (Å²) in [6, 6.07) is 9.24. The number of hydrogen-bond donors (Lipinski definition) is 0. The number of hydrogen-bond acceptors (Lipinski definition) is 4. The van der Waals surface area contributed by atoms with Gasteiger partial charge in [0.15, 0.2) is 5.78 Å². The van der Waals surface area contributed by atoms with Crippen molar-refractivity contribution in [2.24, 2.45) is 0 Å². The van der Waals surface area contributed by atoms with Crippen LogP contribution < -0.4 is 0 Å². The van der Waals surface area contributed by atoms with Crippen LogP contribution in [0.2, 0.25) is 0 Å². The van der Waals surface area contributed by atoms with E-state index in [2.05, 4.69) is 0 Å². The molecule has 19 heavy (non-hydrogen) atoms. The van der Waals surface area contributed by atoms with E-state index in [4.69, 9.17) is 21.1 Å². The van der Waals surface area contributed by atoms with Crippen LogP contribution in [0.4, 0.5) is 0 Å². The number of ether oxygens (including phenoxy) is 2. The molecule has 0 bridgehead atoms. The molecule has 0 aromatic heterocycles. The van der Waals surface area contributed by atoms with E-state index < -0.39 is 23.2 Å². The largest absolute Gasteiger partial charge is 0.466 e. The van der Waals surface area contributed by atoms with Crippen LogP contribution in [0.25, 0.3) is 0 Å². The maximum atomic E-state index is 12.0. The van der Waals surface area contributed by atoms with Gasteiger partial charge in [0.1, 0.15) is 6.42 Å². The number of alkyl halides is 1. The van der Waals surface area contributed by atoms with Gasteiger partial charge in [0.2, 0.25) is 5.06 Å². The molecule has 1 rings (SSSR count). The van der Waals surface area contributed by atoms with Crippen molar-refractivity contribution in [1.82, 2.24) is 0 Å². The lowest BCUT2D eigenvalue weighted by atomic mass is 10.0. The molecule has 0 heterocycles. The molecular formula is C14H17ClO4. The van der Waals surface area contributed by atoms with E-state index in [9.17, 15) is 9.59 Å². The number of methoxy groups -OCH3 is 1. The number of halogens is 1. The van der Waals surface area contributed by atoms with Crippen LogP contribution in [0.1, 0.15) is 18.9 Å². The number of carbonyl (C=O) groups is 2. The molecule has 0 aliphatic carbocycles. The van der Waals surface area contributed by atoms with Crippen molar-refractivity contribution in [3.05, 3.63) is 35.9 Å². The minimum Gasteiger partial charge on any atom is -0.466 e. The molecule has 0 spiro atoms. The van der Waals surface area contributed by atoms with Crippen LogP contribution >= 0.6 is 11.6 Å². The lowest BCUT2D eigenvalue weighted by molar-refractivity contribution is -0.148. The Kier molecular flexibility index (Phi) is 5.99. The Labute approximate surface area is 117 Å². The maximum Gasteiger partial charge on any atom is 0.313 e. The fourth-order valence-corrected chi connectivity index (χ4v) is 1.84. The van der Waals surface area contributed by atoms with E-state index in [1.54, 1.807) is 6.92 Å². The third-order valence-electron chi connectivity index (χ3n) is 2.62. The molecule has 0 aliphatic rings. The van der Waals surface area contributed by atoms with Gasteiger partial charge in [-0.15, -0.1) is 0 Å². The summed E-state index contributed by atoms with van der Waals surface area (Å²) in [7, 11) is 1.35. The lowest BCUT2D eigenvalue weighted by Crippen LogP contribution is -2.38. The van der Waals surface area contributed by atoms with Gasteiger partial charge in [0.25, 0.3) is 0 Å². The van der Waals surface area contributed by atoms with Crippen molar-refractivity contribution in [2.75, 3.05) is 13.7 Å². The molecule has 104 valence electrons. The van der Waals surface area contributed by atoms with Crippen molar-refractivity contribution in [3.63, 3.8) is 0 Å². The van der Waals surface area contributed by atoms with Gasteiger partial charge in [-0.1, -0.05) is 41.9 Å². The summed E-state index contributed by atoms with van der Waals surface area (Å²) in [6.45, 7) is 1.91. The summed E-state index contributed by atoms with van der Waals surface area (Å²) >= 11 is 6.17. The van der Waals surface area contributed by atoms with E-state index in [-0.39, 0.29) is 13.0 Å². The highest BCUT2D eigenvalue weighted by molar-refractivity contribution is 6.35. The van der Waals surface area contributed by atoms with E-state index in [0.717, 1.165) is 5.56 Å². The highest BCUT2D eigenvalue weighted by atomic mass is 35.5. The van der Waals surface area contributed by atoms with Crippen LogP contribution in [-0.4, -0.2) is 30.5 Å². The zero-order valence-corrected chi connectivity index (χ0v) is 11.8. The molecule has 1 aromatic rings. The molecule has 0 aliphatic heterocycles. The first-order chi connectivity index (χ1) is 9.01. The van der Waals surface area contributed by atoms with Crippen LogP contribution in [0.15, 0.2) is 30.3 Å². The number of carbonyl (C=O) groups excluding carboxylic acids is 2. The molecule has 0 amide bonds. The standard InChI is InChI=1S/C14H17ClO4/c1-3-19-13(17)9-12(16)14(15,18-2)10-11-7-5-4-6-8-11/h4-8H,3,9-10H2,1-2H3. The van der Waals surface area contributed by atoms with E-state index in [1.807, 2.05) is 30.3 Å². The van der Waals surface area contributed by atoms with Gasteiger partial charge in [-0.2, -0.15) is 0 Å². The molecule has 4 nitrogen and oxygen atoms in total. The predicted octanol–water partition coefficient (Wildman–Crippen LogP) is 2.33. The Hall–Kier alpha value is -1.39. The van der Waals surface area contributed by atoms with Gasteiger partial charge in [-0.3, -0.25) is 9.59 Å². The summed E-state index contributed by atoms with van der Waals surface area (Å²) in [6.07, 6.45) is -0.192. The zero-order valence-electron chi connectivity index (χ0n) is 11.0. The van der Waals surface area contributed by atoms with Crippen molar-refractivity contribution in [2.45, 2.75) is 24.8 Å². The number of benzene rings is 1. The SMILES string of the molecule is CCOC(=O)CC(=O)C(Cl)(Cc1ccccc1)OC. The second kappa shape index (κ2) is 7.26. The molecule has 0 saturated carbocycles. The van der Waals surface area contributed by atoms with Crippen molar-refractivity contribution < 1.29 is 19.1 Å². The molecule has 0 saturated heterocycles. The van der Waals surface area contributed by atoms with Crippen LogP contribution in [0.3, 0.4) is 0 Å². The van der Waals surface area contributed by atoms with E-state index in [1.165, 1.54) is 7.11 Å². The third-order valence-corrected chi connectivity index (χ3v) is 3.12. The highest BCUT2D eigenvalue weighted by Crippen LogP contribution is 2.25. The first kappa shape index (κ1) is 15.7. The Bertz CT molecular complexity index is 432. The Morgan fingerprint density at radius 3 is 2.42 bits per heavy atom. The fourth-order valence-electron chi connectivity index (χ4n) is 1.62. The third kappa shape index (κ3) is 4.65. The Balaban J connectivity index is 2.74. The van der Waals surface area contributed by atoms with Crippen molar-refractivity contribution >= 4 is 23.4 Å². The van der Waals surface area contributed by atoms with Crippen molar-refractivity contribution in [1.29, 1.82) is 0 Å². The van der Waals surface area contributed by atoms with Gasteiger partial charge in [0.05, 0.1) is 6.61 Å². The fraction of sp³-hybridized carbons (Fsp3) is 0.429. The van der Waals surface area contributed by atoms with Crippen LogP contribution in [0, 0.1) is 0 Å². The van der Waals surface area contributed by atoms with E-state index >= 15 is 0 Å². The average molecular weight is 285 g/mol. The molecular weight excluding hydrogens is 268 g/mol. The van der Waals surface area contributed by atoms with E-state index in [0.29, 0.717) is 0 Å². The quantitative estimate of drug-likeness (QED) is 0.438. The minimum atomic E-state index is -1.53. The monoisotopic (exact) mass is 284 g/mol. The molecule has 0 fully saturated rings. The van der Waals surface area contributed by atoms with Gasteiger partial charge in [-0.25, -0.2) is 0 Å². The summed E-state index contributed by atoms with van der Waals surface area (Å²) in [4.78, 5) is 23.3. The molecule has 0 N–H and O–H groups in total. The van der Waals surface area contributed by atoms with Crippen LogP contribution in [0.5, 0.6) is 0 Å². The topological polar surface area (TPSA) is 52.6 Å². The number of ketones is 1. The summed E-state index contributed by atoms with van der Waals surface area (Å²) in [5.74, 6) is -1.10. The van der Waals surface area contributed by atoms with Gasteiger partial charge in [0, 0.05) is 13.5 Å². The van der Waals surface area contributed by atoms with Gasteiger partial charge in [-0.05, 0) is 12.5 Å². The maximum absolute atomic E-state index is 12.0. The smallest absolute Gasteiger partial charge is 0.313 e. The summed E-state index contributed by atoms with van der Waals surface area (Å²) < 4.78 is 9.82. The lowest BCUT2D eigenvalue weighted by Gasteiger charge is -2.23. The second-order valence-electron chi connectivity index (χ2n) is 4.00. The van der Waals surface area contributed by atoms with Gasteiger partial charge < -0.3 is 9.47 Å². The first-order valence-electron chi connectivity index (χ1n) is 5.98. The minimum absolute atomic E-state index is 0.199. The number of rotatable bonds is 7. The Morgan fingerprint density at radius 2 is 1.89 bits per heavy atom. The highest BCUT2D eigenvalue weighted by Gasteiger charge is 2.37. The second-order valence-corrected chi connectivity index (χ2v) is 4.61. The van der Waals surface area contributed by atoms with Crippen molar-refractivity contribution in [3.8, 4) is 0 Å². The molecule has 1 unspecified atom stereocenters.